The molecule has 1 heterocycles. The van der Waals surface area contributed by atoms with Crippen molar-refractivity contribution >= 4 is 21.8 Å². The molecule has 21 heavy (non-hydrogen) atoms. The number of halogens is 1. The van der Waals surface area contributed by atoms with E-state index in [0.29, 0.717) is 6.54 Å². The summed E-state index contributed by atoms with van der Waals surface area (Å²) in [5.74, 6) is 0.342. The minimum atomic E-state index is 0.0591. The summed E-state index contributed by atoms with van der Waals surface area (Å²) in [7, 11) is 0. The third-order valence-corrected chi connectivity index (χ3v) is 5.40. The topological polar surface area (TPSA) is 46.3 Å². The first-order chi connectivity index (χ1) is 9.99. The van der Waals surface area contributed by atoms with Crippen LogP contribution in [0.25, 0.3) is 0 Å². The second kappa shape index (κ2) is 6.93. The molecular weight excluding hydrogens is 328 g/mol. The van der Waals surface area contributed by atoms with Crippen molar-refractivity contribution in [3.8, 4) is 0 Å². The van der Waals surface area contributed by atoms with Crippen molar-refractivity contribution in [2.75, 3.05) is 19.6 Å². The van der Waals surface area contributed by atoms with Crippen LogP contribution in [0.2, 0.25) is 0 Å². The van der Waals surface area contributed by atoms with Gasteiger partial charge in [-0.05, 0) is 42.9 Å². The van der Waals surface area contributed by atoms with Gasteiger partial charge in [-0.1, -0.05) is 48.0 Å². The van der Waals surface area contributed by atoms with Gasteiger partial charge in [0.1, 0.15) is 0 Å². The number of rotatable bonds is 5. The molecule has 1 aromatic carbocycles. The van der Waals surface area contributed by atoms with Gasteiger partial charge in [0.15, 0.2) is 0 Å². The van der Waals surface area contributed by atoms with Crippen LogP contribution >= 0.6 is 15.9 Å². The van der Waals surface area contributed by atoms with Gasteiger partial charge in [0.25, 0.3) is 0 Å². The van der Waals surface area contributed by atoms with Crippen molar-refractivity contribution in [1.29, 1.82) is 0 Å². The van der Waals surface area contributed by atoms with Gasteiger partial charge in [-0.25, -0.2) is 0 Å². The number of likely N-dealkylation sites (tertiary alicyclic amines) is 1. The van der Waals surface area contributed by atoms with E-state index in [1.54, 1.807) is 0 Å². The number of carbonyl (C=O) groups excluding carboxylic acids is 1. The number of carbonyl (C=O) groups is 1. The van der Waals surface area contributed by atoms with Gasteiger partial charge < -0.3 is 10.6 Å². The zero-order chi connectivity index (χ0) is 15.5. The molecule has 4 heteroatoms. The van der Waals surface area contributed by atoms with Crippen molar-refractivity contribution in [1.82, 2.24) is 4.90 Å². The lowest BCUT2D eigenvalue weighted by atomic mass is 9.90. The highest BCUT2D eigenvalue weighted by atomic mass is 79.9. The van der Waals surface area contributed by atoms with Crippen LogP contribution in [0.15, 0.2) is 28.7 Å². The summed E-state index contributed by atoms with van der Waals surface area (Å²) in [6, 6.07) is 8.16. The summed E-state index contributed by atoms with van der Waals surface area (Å²) in [5, 5.41) is 0. The van der Waals surface area contributed by atoms with E-state index in [-0.39, 0.29) is 17.2 Å². The molecule has 1 saturated heterocycles. The van der Waals surface area contributed by atoms with E-state index in [1.807, 2.05) is 23.1 Å². The first-order valence-corrected chi connectivity index (χ1v) is 8.50. The zero-order valence-corrected chi connectivity index (χ0v) is 14.5. The minimum Gasteiger partial charge on any atom is -0.342 e. The summed E-state index contributed by atoms with van der Waals surface area (Å²) in [4.78, 5) is 14.8. The Morgan fingerprint density at radius 2 is 2.19 bits per heavy atom. The Labute approximate surface area is 136 Å². The van der Waals surface area contributed by atoms with Gasteiger partial charge in [0, 0.05) is 23.5 Å². The predicted octanol–water partition coefficient (Wildman–Crippen LogP) is 3.22. The van der Waals surface area contributed by atoms with Crippen LogP contribution in [-0.2, 0) is 11.2 Å². The molecule has 0 saturated carbocycles. The highest BCUT2D eigenvalue weighted by Gasteiger charge is 2.36. The van der Waals surface area contributed by atoms with Gasteiger partial charge >= 0.3 is 0 Å². The van der Waals surface area contributed by atoms with E-state index in [2.05, 4.69) is 35.8 Å². The molecule has 116 valence electrons. The molecule has 1 amide bonds. The average molecular weight is 353 g/mol. The Morgan fingerprint density at radius 1 is 1.48 bits per heavy atom. The highest BCUT2D eigenvalue weighted by molar-refractivity contribution is 9.10. The summed E-state index contributed by atoms with van der Waals surface area (Å²) in [6.07, 6.45) is 2.68. The molecule has 2 N–H and O–H groups in total. The second-order valence-electron chi connectivity index (χ2n) is 6.43. The Bertz CT molecular complexity index is 505. The first kappa shape index (κ1) is 16.5. The van der Waals surface area contributed by atoms with Gasteiger partial charge in [0.2, 0.25) is 5.91 Å². The third kappa shape index (κ3) is 3.86. The van der Waals surface area contributed by atoms with Gasteiger partial charge in [0.05, 0.1) is 0 Å². The van der Waals surface area contributed by atoms with Crippen LogP contribution in [0.1, 0.15) is 32.3 Å². The third-order valence-electron chi connectivity index (χ3n) is 4.63. The maximum absolute atomic E-state index is 12.8. The van der Waals surface area contributed by atoms with Crippen LogP contribution in [-0.4, -0.2) is 30.4 Å². The van der Waals surface area contributed by atoms with Crippen molar-refractivity contribution in [2.24, 2.45) is 17.1 Å². The fraction of sp³-hybridized carbons (Fsp3) is 0.588. The maximum Gasteiger partial charge on any atom is 0.226 e. The van der Waals surface area contributed by atoms with Crippen molar-refractivity contribution in [3.05, 3.63) is 34.3 Å². The molecule has 2 unspecified atom stereocenters. The normalized spacial score (nSPS) is 23.3. The Morgan fingerprint density at radius 3 is 2.76 bits per heavy atom. The van der Waals surface area contributed by atoms with Crippen molar-refractivity contribution < 1.29 is 4.79 Å². The van der Waals surface area contributed by atoms with E-state index in [9.17, 15) is 4.79 Å². The van der Waals surface area contributed by atoms with Crippen LogP contribution in [0.5, 0.6) is 0 Å². The van der Waals surface area contributed by atoms with Gasteiger partial charge in [-0.3, -0.25) is 4.79 Å². The molecule has 2 rings (SSSR count). The summed E-state index contributed by atoms with van der Waals surface area (Å²) >= 11 is 3.57. The number of hydrogen-bond donors (Lipinski definition) is 1. The maximum atomic E-state index is 12.8. The Kier molecular flexibility index (Phi) is 5.44. The largest absolute Gasteiger partial charge is 0.342 e. The fourth-order valence-electron chi connectivity index (χ4n) is 2.97. The van der Waals surface area contributed by atoms with E-state index in [0.717, 1.165) is 36.8 Å². The van der Waals surface area contributed by atoms with Crippen LogP contribution in [0.3, 0.4) is 0 Å². The van der Waals surface area contributed by atoms with Crippen molar-refractivity contribution in [3.63, 3.8) is 0 Å². The molecule has 1 fully saturated rings. The Balaban J connectivity index is 2.05. The smallest absolute Gasteiger partial charge is 0.226 e. The van der Waals surface area contributed by atoms with E-state index >= 15 is 0 Å². The quantitative estimate of drug-likeness (QED) is 0.884. The predicted molar refractivity (Wildman–Crippen MR) is 90.0 cm³/mol. The number of benzene rings is 1. The molecule has 0 aromatic heterocycles. The average Bonchev–Trinajstić information content (AvgIpc) is 2.89. The minimum absolute atomic E-state index is 0.0591. The number of hydrogen-bond acceptors (Lipinski definition) is 2. The SMILES string of the molecule is CCC(Cc1ccccc1Br)C(=O)N1CCC(C)(CN)C1. The first-order valence-electron chi connectivity index (χ1n) is 7.71. The Hall–Kier alpha value is -0.870. The summed E-state index contributed by atoms with van der Waals surface area (Å²) in [5.41, 5.74) is 7.14. The van der Waals surface area contributed by atoms with Crippen LogP contribution < -0.4 is 5.73 Å². The molecule has 2 atom stereocenters. The lowest BCUT2D eigenvalue weighted by molar-refractivity contribution is -0.134. The van der Waals surface area contributed by atoms with E-state index in [4.69, 9.17) is 5.73 Å². The van der Waals surface area contributed by atoms with Gasteiger partial charge in [-0.15, -0.1) is 0 Å². The van der Waals surface area contributed by atoms with Crippen LogP contribution in [0.4, 0.5) is 0 Å². The molecular formula is C17H25BrN2O. The zero-order valence-electron chi connectivity index (χ0n) is 12.9. The fourth-order valence-corrected chi connectivity index (χ4v) is 3.42. The molecule has 0 aliphatic carbocycles. The standard InChI is InChI=1S/C17H25BrN2O/c1-3-13(10-14-6-4-5-7-15(14)18)16(21)20-9-8-17(2,11-19)12-20/h4-7,13H,3,8-12,19H2,1-2H3. The van der Waals surface area contributed by atoms with E-state index < -0.39 is 0 Å². The van der Waals surface area contributed by atoms with Crippen LogP contribution in [0, 0.1) is 11.3 Å². The lowest BCUT2D eigenvalue weighted by Crippen LogP contribution is -2.38. The molecule has 0 radical (unpaired) electrons. The summed E-state index contributed by atoms with van der Waals surface area (Å²) < 4.78 is 1.09. The van der Waals surface area contributed by atoms with Crippen molar-refractivity contribution in [2.45, 2.75) is 33.1 Å². The molecule has 0 spiro atoms. The number of nitrogens with zero attached hydrogens (tertiary/aromatic N) is 1. The molecule has 1 aliphatic heterocycles. The second-order valence-corrected chi connectivity index (χ2v) is 7.28. The molecule has 1 aromatic rings. The number of nitrogens with two attached hydrogens (primary N) is 1. The number of amides is 1. The summed E-state index contributed by atoms with van der Waals surface area (Å²) in [6.45, 7) is 6.57. The molecule has 0 bridgehead atoms. The highest BCUT2D eigenvalue weighted by Crippen LogP contribution is 2.31. The monoisotopic (exact) mass is 352 g/mol. The molecule has 1 aliphatic rings. The molecule has 3 nitrogen and oxygen atoms in total. The van der Waals surface area contributed by atoms with E-state index in [1.165, 1.54) is 5.56 Å². The lowest BCUT2D eigenvalue weighted by Gasteiger charge is -2.26. The van der Waals surface area contributed by atoms with Gasteiger partial charge in [-0.2, -0.15) is 0 Å².